The van der Waals surface area contributed by atoms with E-state index >= 15 is 0 Å². The van der Waals surface area contributed by atoms with E-state index in [-0.39, 0.29) is 16.3 Å². The van der Waals surface area contributed by atoms with Crippen LogP contribution in [0, 0.1) is 12.7 Å². The van der Waals surface area contributed by atoms with Crippen LogP contribution in [0.1, 0.15) is 5.82 Å². The Bertz CT molecular complexity index is 874. The lowest BCUT2D eigenvalue weighted by Crippen LogP contribution is -1.98. The third-order valence-corrected chi connectivity index (χ3v) is 3.79. The second-order valence-electron chi connectivity index (χ2n) is 4.83. The molecule has 2 heterocycles. The van der Waals surface area contributed by atoms with Crippen molar-refractivity contribution < 1.29 is 13.9 Å². The quantitative estimate of drug-likeness (QED) is 0.729. The minimum atomic E-state index is -0.599. The van der Waals surface area contributed by atoms with Crippen LogP contribution in [0.25, 0.3) is 22.2 Å². The van der Waals surface area contributed by atoms with Crippen LogP contribution in [0.5, 0.6) is 11.5 Å². The summed E-state index contributed by atoms with van der Waals surface area (Å²) in [5, 5.41) is 0.864. The predicted molar refractivity (Wildman–Crippen MR) is 85.6 cm³/mol. The highest BCUT2D eigenvalue weighted by Gasteiger charge is 2.21. The van der Waals surface area contributed by atoms with E-state index in [4.69, 9.17) is 21.1 Å². The van der Waals surface area contributed by atoms with E-state index in [0.717, 1.165) is 5.39 Å². The molecule has 23 heavy (non-hydrogen) atoms. The lowest BCUT2D eigenvalue weighted by atomic mass is 10.1. The van der Waals surface area contributed by atoms with E-state index in [0.29, 0.717) is 22.8 Å². The lowest BCUT2D eigenvalue weighted by Gasteiger charge is -2.13. The first kappa shape index (κ1) is 15.4. The van der Waals surface area contributed by atoms with Gasteiger partial charge in [0.1, 0.15) is 11.6 Å². The summed E-state index contributed by atoms with van der Waals surface area (Å²) in [5.41, 5.74) is 1.14. The van der Waals surface area contributed by atoms with Gasteiger partial charge in [-0.25, -0.2) is 14.4 Å². The van der Waals surface area contributed by atoms with E-state index < -0.39 is 5.82 Å². The van der Waals surface area contributed by atoms with E-state index in [1.54, 1.807) is 25.4 Å². The first-order chi connectivity index (χ1) is 11.0. The second-order valence-corrected chi connectivity index (χ2v) is 5.21. The molecule has 0 unspecified atom stereocenters. The normalized spacial score (nSPS) is 10.8. The average molecular weight is 334 g/mol. The van der Waals surface area contributed by atoms with Crippen LogP contribution >= 0.6 is 11.6 Å². The summed E-state index contributed by atoms with van der Waals surface area (Å²) in [7, 11) is 2.83. The first-order valence-corrected chi connectivity index (χ1v) is 7.12. The third kappa shape index (κ3) is 2.66. The number of hydrogen-bond acceptors (Lipinski definition) is 5. The fourth-order valence-electron chi connectivity index (χ4n) is 2.27. The highest BCUT2D eigenvalue weighted by molar-refractivity contribution is 6.35. The van der Waals surface area contributed by atoms with Crippen LogP contribution in [0.4, 0.5) is 4.39 Å². The molecule has 5 nitrogen and oxygen atoms in total. The number of methoxy groups -OCH3 is 2. The summed E-state index contributed by atoms with van der Waals surface area (Å²) in [4.78, 5) is 12.7. The van der Waals surface area contributed by atoms with Gasteiger partial charge in [0.15, 0.2) is 11.6 Å². The topological polar surface area (TPSA) is 57.1 Å². The number of hydrogen-bond donors (Lipinski definition) is 0. The first-order valence-electron chi connectivity index (χ1n) is 6.75. The number of fused-ring (bicyclic) bond motifs is 1. The molecule has 0 spiro atoms. The number of ether oxygens (including phenoxy) is 2. The maximum atomic E-state index is 14.7. The van der Waals surface area contributed by atoms with Gasteiger partial charge in [0, 0.05) is 17.6 Å². The molecule has 0 aliphatic carbocycles. The van der Waals surface area contributed by atoms with Crippen LogP contribution in [-0.4, -0.2) is 29.2 Å². The molecule has 3 rings (SSSR count). The summed E-state index contributed by atoms with van der Waals surface area (Å²) in [5.74, 6) is 0.378. The van der Waals surface area contributed by atoms with Gasteiger partial charge in [-0.3, -0.25) is 4.98 Å². The number of aryl methyl sites for hydroxylation is 1. The van der Waals surface area contributed by atoms with E-state index in [2.05, 4.69) is 15.0 Å². The molecular formula is C16H13ClFN3O2. The molecular weight excluding hydrogens is 321 g/mol. The standard InChI is InChI=1S/C16H13ClFN3O2/c1-8-19-6-9-4-10(20-7-11(9)21-8)14-15(17)12(22-2)5-13(23-3)16(14)18/h4-7H,1-3H3. The predicted octanol–water partition coefficient (Wildman–Crippen LogP) is 3.81. The number of benzene rings is 1. The molecule has 0 fully saturated rings. The molecule has 0 amide bonds. The minimum absolute atomic E-state index is 0.0308. The lowest BCUT2D eigenvalue weighted by molar-refractivity contribution is 0.375. The zero-order chi connectivity index (χ0) is 16.6. The Balaban J connectivity index is 2.27. The molecule has 0 atom stereocenters. The number of nitrogens with zero attached hydrogens (tertiary/aromatic N) is 3. The van der Waals surface area contributed by atoms with Crippen molar-refractivity contribution >= 4 is 22.5 Å². The van der Waals surface area contributed by atoms with E-state index in [1.807, 2.05) is 0 Å². The van der Waals surface area contributed by atoms with Crippen molar-refractivity contribution in [2.45, 2.75) is 6.92 Å². The molecule has 0 bridgehead atoms. The van der Waals surface area contributed by atoms with Gasteiger partial charge in [-0.15, -0.1) is 0 Å². The van der Waals surface area contributed by atoms with Crippen molar-refractivity contribution in [2.75, 3.05) is 14.2 Å². The van der Waals surface area contributed by atoms with Gasteiger partial charge in [-0.1, -0.05) is 11.6 Å². The van der Waals surface area contributed by atoms with Gasteiger partial charge in [0.25, 0.3) is 0 Å². The smallest absolute Gasteiger partial charge is 0.176 e. The van der Waals surface area contributed by atoms with Crippen LogP contribution in [0.3, 0.4) is 0 Å². The monoisotopic (exact) mass is 333 g/mol. The number of rotatable bonds is 3. The molecule has 0 saturated heterocycles. The fourth-order valence-corrected chi connectivity index (χ4v) is 2.59. The Hall–Kier alpha value is -2.47. The zero-order valence-electron chi connectivity index (χ0n) is 12.7. The van der Waals surface area contributed by atoms with Crippen molar-refractivity contribution in [3.05, 3.63) is 41.2 Å². The van der Waals surface area contributed by atoms with Gasteiger partial charge < -0.3 is 9.47 Å². The molecule has 2 aromatic heterocycles. The molecule has 0 aliphatic heterocycles. The average Bonchev–Trinajstić information content (AvgIpc) is 2.55. The Kier molecular flexibility index (Phi) is 4.00. The zero-order valence-corrected chi connectivity index (χ0v) is 13.5. The van der Waals surface area contributed by atoms with Gasteiger partial charge in [-0.2, -0.15) is 0 Å². The maximum Gasteiger partial charge on any atom is 0.176 e. The molecule has 0 saturated carbocycles. The Morgan fingerprint density at radius 3 is 2.48 bits per heavy atom. The molecule has 0 radical (unpaired) electrons. The minimum Gasteiger partial charge on any atom is -0.495 e. The molecule has 7 heteroatoms. The van der Waals surface area contributed by atoms with Crippen LogP contribution in [0.2, 0.25) is 5.02 Å². The SMILES string of the molecule is COc1cc(OC)c(Cl)c(-c2cc3cnc(C)nc3cn2)c1F. The molecule has 118 valence electrons. The van der Waals surface area contributed by atoms with Gasteiger partial charge in [0.2, 0.25) is 0 Å². The second kappa shape index (κ2) is 5.96. The summed E-state index contributed by atoms with van der Waals surface area (Å²) < 4.78 is 24.9. The largest absolute Gasteiger partial charge is 0.495 e. The Morgan fingerprint density at radius 2 is 1.78 bits per heavy atom. The maximum absolute atomic E-state index is 14.7. The molecule has 0 aliphatic rings. The highest BCUT2D eigenvalue weighted by Crippen LogP contribution is 2.41. The number of pyridine rings is 1. The van der Waals surface area contributed by atoms with Crippen LogP contribution in [-0.2, 0) is 0 Å². The van der Waals surface area contributed by atoms with Crippen molar-refractivity contribution in [1.82, 2.24) is 15.0 Å². The van der Waals surface area contributed by atoms with Gasteiger partial charge in [-0.05, 0) is 13.0 Å². The van der Waals surface area contributed by atoms with Crippen LogP contribution in [0.15, 0.2) is 24.5 Å². The summed E-state index contributed by atoms with van der Waals surface area (Å²) >= 11 is 6.26. The Morgan fingerprint density at radius 1 is 1.04 bits per heavy atom. The summed E-state index contributed by atoms with van der Waals surface area (Å²) in [6.45, 7) is 1.79. The molecule has 0 N–H and O–H groups in total. The summed E-state index contributed by atoms with van der Waals surface area (Å²) in [6, 6.07) is 3.08. The number of aromatic nitrogens is 3. The van der Waals surface area contributed by atoms with Crippen molar-refractivity contribution in [3.8, 4) is 22.8 Å². The molecule has 3 aromatic rings. The molecule has 1 aromatic carbocycles. The third-order valence-electron chi connectivity index (χ3n) is 3.42. The van der Waals surface area contributed by atoms with E-state index in [1.165, 1.54) is 20.3 Å². The van der Waals surface area contributed by atoms with Crippen molar-refractivity contribution in [2.24, 2.45) is 0 Å². The number of halogens is 2. The summed E-state index contributed by atoms with van der Waals surface area (Å²) in [6.07, 6.45) is 3.22. The van der Waals surface area contributed by atoms with Crippen molar-refractivity contribution in [1.29, 1.82) is 0 Å². The van der Waals surface area contributed by atoms with Gasteiger partial charge >= 0.3 is 0 Å². The van der Waals surface area contributed by atoms with Crippen LogP contribution < -0.4 is 9.47 Å². The van der Waals surface area contributed by atoms with Gasteiger partial charge in [0.05, 0.1) is 42.2 Å². The highest BCUT2D eigenvalue weighted by atomic mass is 35.5. The fraction of sp³-hybridized carbons (Fsp3) is 0.188. The van der Waals surface area contributed by atoms with Crippen molar-refractivity contribution in [3.63, 3.8) is 0 Å². The van der Waals surface area contributed by atoms with E-state index in [9.17, 15) is 4.39 Å². The Labute approximate surface area is 137 Å².